The summed E-state index contributed by atoms with van der Waals surface area (Å²) in [7, 11) is -1.60. The van der Waals surface area contributed by atoms with Gasteiger partial charge in [-0.25, -0.2) is 0 Å². The van der Waals surface area contributed by atoms with Crippen molar-refractivity contribution >= 4 is 14.4 Å². The van der Waals surface area contributed by atoms with Crippen LogP contribution in [-0.4, -0.2) is 14.4 Å². The number of carbonyl (C=O) groups is 1. The third-order valence-electron chi connectivity index (χ3n) is 3.85. The number of carbonyl (C=O) groups excluding carboxylic acids is 1. The molecule has 1 atom stereocenters. The smallest absolute Gasteiger partial charge is 0.145 e. The molecule has 0 saturated carbocycles. The molecule has 0 N–H and O–H groups in total. The van der Waals surface area contributed by atoms with Crippen molar-refractivity contribution in [3.05, 3.63) is 0 Å². The topological polar surface area (TPSA) is 17.1 Å². The molecule has 0 aliphatic heterocycles. The highest BCUT2D eigenvalue weighted by Gasteiger charge is 2.41. The van der Waals surface area contributed by atoms with Gasteiger partial charge in [-0.05, 0) is 16.6 Å². The van der Waals surface area contributed by atoms with Crippen LogP contribution in [0.4, 0.5) is 0 Å². The summed E-state index contributed by atoms with van der Waals surface area (Å²) in [6.45, 7) is 15.9. The molecule has 0 saturated heterocycles. The highest BCUT2D eigenvalue weighted by molar-refractivity contribution is 6.90. The molecular formula is C15H28OSi. The number of aldehydes is 1. The molecule has 0 spiro atoms. The zero-order valence-corrected chi connectivity index (χ0v) is 13.5. The van der Waals surface area contributed by atoms with E-state index in [0.29, 0.717) is 23.0 Å². The number of hydrogen-bond acceptors (Lipinski definition) is 1. The lowest BCUT2D eigenvalue weighted by Crippen LogP contribution is -2.43. The van der Waals surface area contributed by atoms with E-state index in [0.717, 1.165) is 6.29 Å². The minimum Gasteiger partial charge on any atom is -0.303 e. The quantitative estimate of drug-likeness (QED) is 0.402. The van der Waals surface area contributed by atoms with Crippen molar-refractivity contribution < 1.29 is 4.79 Å². The van der Waals surface area contributed by atoms with Crippen LogP contribution >= 0.6 is 0 Å². The lowest BCUT2D eigenvalue weighted by molar-refractivity contribution is -0.108. The molecule has 0 unspecified atom stereocenters. The number of hydrogen-bond donors (Lipinski definition) is 0. The summed E-state index contributed by atoms with van der Waals surface area (Å²) < 4.78 is 0. The zero-order chi connectivity index (χ0) is 13.6. The summed E-state index contributed by atoms with van der Waals surface area (Å²) in [5, 5.41) is 0. The predicted octanol–water partition coefficient (Wildman–Crippen LogP) is 4.43. The van der Waals surface area contributed by atoms with Crippen molar-refractivity contribution in [3.63, 3.8) is 0 Å². The van der Waals surface area contributed by atoms with Crippen LogP contribution < -0.4 is 0 Å². The Morgan fingerprint density at radius 2 is 1.35 bits per heavy atom. The molecular weight excluding hydrogens is 224 g/mol. The molecule has 0 radical (unpaired) electrons. The summed E-state index contributed by atoms with van der Waals surface area (Å²) in [5.41, 5.74) is 5.64. The molecule has 0 aromatic heterocycles. The molecule has 0 aromatic rings. The van der Waals surface area contributed by atoms with Crippen LogP contribution in [0.2, 0.25) is 16.6 Å². The Hall–Kier alpha value is -0.553. The van der Waals surface area contributed by atoms with Crippen LogP contribution in [0, 0.1) is 17.4 Å². The van der Waals surface area contributed by atoms with Gasteiger partial charge in [0.25, 0.3) is 0 Å². The van der Waals surface area contributed by atoms with Gasteiger partial charge in [-0.15, -0.1) is 11.5 Å². The van der Waals surface area contributed by atoms with E-state index >= 15 is 0 Å². The van der Waals surface area contributed by atoms with Crippen LogP contribution in [0.3, 0.4) is 0 Å². The van der Waals surface area contributed by atoms with Crippen LogP contribution in [0.15, 0.2) is 0 Å². The Labute approximate surface area is 108 Å². The Bertz CT molecular complexity index is 272. The fraction of sp³-hybridized carbons (Fsp3) is 0.800. The van der Waals surface area contributed by atoms with E-state index in [-0.39, 0.29) is 5.92 Å². The zero-order valence-electron chi connectivity index (χ0n) is 12.5. The van der Waals surface area contributed by atoms with Crippen LogP contribution in [0.1, 0.15) is 54.9 Å². The molecule has 0 rings (SSSR count). The molecule has 0 bridgehead atoms. The first-order valence-electron chi connectivity index (χ1n) is 6.75. The van der Waals surface area contributed by atoms with E-state index in [4.69, 9.17) is 0 Å². The number of rotatable bonds is 5. The van der Waals surface area contributed by atoms with E-state index < -0.39 is 8.07 Å². The van der Waals surface area contributed by atoms with Crippen molar-refractivity contribution in [2.24, 2.45) is 5.92 Å². The largest absolute Gasteiger partial charge is 0.303 e. The van der Waals surface area contributed by atoms with E-state index in [9.17, 15) is 4.79 Å². The van der Waals surface area contributed by atoms with Gasteiger partial charge in [0.15, 0.2) is 0 Å². The second kappa shape index (κ2) is 7.01. The van der Waals surface area contributed by atoms with E-state index in [2.05, 4.69) is 53.0 Å². The Morgan fingerprint density at radius 1 is 0.941 bits per heavy atom. The summed E-state index contributed by atoms with van der Waals surface area (Å²) in [6.07, 6.45) is 1.54. The van der Waals surface area contributed by atoms with Gasteiger partial charge in [0.05, 0.1) is 0 Å². The van der Waals surface area contributed by atoms with Crippen LogP contribution in [0.5, 0.6) is 0 Å². The third kappa shape index (κ3) is 3.99. The van der Waals surface area contributed by atoms with Crippen LogP contribution in [0.25, 0.3) is 0 Å². The lowest BCUT2D eigenvalue weighted by atomic mass is 10.1. The van der Waals surface area contributed by atoms with Gasteiger partial charge >= 0.3 is 0 Å². The van der Waals surface area contributed by atoms with Crippen molar-refractivity contribution in [1.82, 2.24) is 0 Å². The summed E-state index contributed by atoms with van der Waals surface area (Å²) in [5.74, 6) is 3.55. The highest BCUT2D eigenvalue weighted by atomic mass is 28.3. The minimum atomic E-state index is -1.60. The molecule has 98 valence electrons. The lowest BCUT2D eigenvalue weighted by Gasteiger charge is -2.38. The fourth-order valence-corrected chi connectivity index (χ4v) is 8.25. The van der Waals surface area contributed by atoms with Crippen molar-refractivity contribution in [1.29, 1.82) is 0 Å². The predicted molar refractivity (Wildman–Crippen MR) is 78.7 cm³/mol. The van der Waals surface area contributed by atoms with Gasteiger partial charge in [0.1, 0.15) is 14.4 Å². The van der Waals surface area contributed by atoms with Gasteiger partial charge in [0.2, 0.25) is 0 Å². The Morgan fingerprint density at radius 3 is 1.65 bits per heavy atom. The second-order valence-electron chi connectivity index (χ2n) is 5.97. The molecule has 2 heteroatoms. The molecule has 0 heterocycles. The van der Waals surface area contributed by atoms with E-state index in [1.165, 1.54) is 0 Å². The average Bonchev–Trinajstić information content (AvgIpc) is 2.17. The van der Waals surface area contributed by atoms with Crippen molar-refractivity contribution in [2.45, 2.75) is 71.5 Å². The first kappa shape index (κ1) is 16.4. The molecule has 1 nitrogen and oxygen atoms in total. The van der Waals surface area contributed by atoms with E-state index in [1.807, 2.05) is 6.92 Å². The first-order valence-corrected chi connectivity index (χ1v) is 8.98. The first-order chi connectivity index (χ1) is 7.78. The maximum absolute atomic E-state index is 10.5. The maximum Gasteiger partial charge on any atom is 0.145 e. The van der Waals surface area contributed by atoms with Crippen LogP contribution in [-0.2, 0) is 4.79 Å². The molecule has 0 amide bonds. The van der Waals surface area contributed by atoms with Gasteiger partial charge < -0.3 is 4.79 Å². The van der Waals surface area contributed by atoms with Crippen molar-refractivity contribution in [3.8, 4) is 11.5 Å². The Balaban J connectivity index is 5.25. The van der Waals surface area contributed by atoms with E-state index in [1.54, 1.807) is 0 Å². The molecule has 17 heavy (non-hydrogen) atoms. The third-order valence-corrected chi connectivity index (χ3v) is 10.2. The SMILES string of the molecule is CC(C)[Si](C#C[C@H](C)CC=O)(C(C)C)C(C)C. The monoisotopic (exact) mass is 252 g/mol. The molecule has 0 aliphatic rings. The average molecular weight is 252 g/mol. The van der Waals surface area contributed by atoms with Gasteiger partial charge in [0, 0.05) is 12.3 Å². The Kier molecular flexibility index (Phi) is 6.78. The highest BCUT2D eigenvalue weighted by Crippen LogP contribution is 2.40. The molecule has 0 fully saturated rings. The second-order valence-corrected chi connectivity index (χ2v) is 11.5. The van der Waals surface area contributed by atoms with Gasteiger partial charge in [-0.1, -0.05) is 48.5 Å². The van der Waals surface area contributed by atoms with Gasteiger partial charge in [-0.2, -0.15) is 0 Å². The molecule has 0 aromatic carbocycles. The van der Waals surface area contributed by atoms with Crippen molar-refractivity contribution in [2.75, 3.05) is 0 Å². The minimum absolute atomic E-state index is 0.204. The summed E-state index contributed by atoms with van der Waals surface area (Å²) in [4.78, 5) is 10.5. The fourth-order valence-electron chi connectivity index (χ4n) is 2.88. The summed E-state index contributed by atoms with van der Waals surface area (Å²) >= 11 is 0. The maximum atomic E-state index is 10.5. The van der Waals surface area contributed by atoms with Gasteiger partial charge in [-0.3, -0.25) is 0 Å². The molecule has 0 aliphatic carbocycles. The standard InChI is InChI=1S/C15H28OSi/c1-12(2)17(13(3)4,14(5)6)11-9-15(7)8-10-16/h10,12-15H,8H2,1-7H3/t15-/m1/s1. The summed E-state index contributed by atoms with van der Waals surface area (Å²) in [6, 6.07) is 0. The normalized spacial score (nSPS) is 13.8.